The molecule has 0 aliphatic rings. The van der Waals surface area contributed by atoms with Crippen molar-refractivity contribution in [3.05, 3.63) is 71.3 Å². The summed E-state index contributed by atoms with van der Waals surface area (Å²) in [6, 6.07) is 17.1. The molecule has 0 fully saturated rings. The zero-order chi connectivity index (χ0) is 18.2. The molecule has 0 radical (unpaired) electrons. The molecule has 0 aliphatic carbocycles. The summed E-state index contributed by atoms with van der Waals surface area (Å²) in [5.41, 5.74) is 2.70. The molecule has 2 rings (SSSR count). The van der Waals surface area contributed by atoms with E-state index in [1.54, 1.807) is 19.1 Å². The number of nitrogens with one attached hydrogen (secondary N) is 1. The third-order valence-corrected chi connectivity index (χ3v) is 4.23. The smallest absolute Gasteiger partial charge is 0.338 e. The molecule has 4 heteroatoms. The van der Waals surface area contributed by atoms with E-state index in [-0.39, 0.29) is 11.8 Å². The Kier molecular flexibility index (Phi) is 6.75. The van der Waals surface area contributed by atoms with E-state index in [1.807, 2.05) is 37.3 Å². The maximum absolute atomic E-state index is 12.2. The molecule has 0 saturated carbocycles. The zero-order valence-electron chi connectivity index (χ0n) is 15.0. The van der Waals surface area contributed by atoms with Crippen LogP contribution in [0.3, 0.4) is 0 Å². The minimum atomic E-state index is -0.831. The summed E-state index contributed by atoms with van der Waals surface area (Å²) in [7, 11) is 0. The number of carbonyl (C=O) groups excluding carboxylic acids is 2. The summed E-state index contributed by atoms with van der Waals surface area (Å²) < 4.78 is 5.26. The standard InChI is InChI=1S/C21H25NO3/c1-4-17(18-8-6-5-7-9-18)14-22-20(23)16(3)25-21(24)19-12-10-15(2)11-13-19/h5-13,16-17H,4,14H2,1-3H3,(H,22,23)/t16-,17-/m1/s1. The molecule has 4 nitrogen and oxygen atoms in total. The van der Waals surface area contributed by atoms with Gasteiger partial charge in [0.25, 0.3) is 5.91 Å². The van der Waals surface area contributed by atoms with E-state index in [0.29, 0.717) is 12.1 Å². The summed E-state index contributed by atoms with van der Waals surface area (Å²) in [6.45, 7) is 6.14. The Morgan fingerprint density at radius 2 is 1.68 bits per heavy atom. The zero-order valence-corrected chi connectivity index (χ0v) is 15.0. The van der Waals surface area contributed by atoms with E-state index in [2.05, 4.69) is 24.4 Å². The highest BCUT2D eigenvalue weighted by Crippen LogP contribution is 2.18. The number of carbonyl (C=O) groups is 2. The first-order valence-corrected chi connectivity index (χ1v) is 8.61. The van der Waals surface area contributed by atoms with Crippen LogP contribution in [0.4, 0.5) is 0 Å². The Hall–Kier alpha value is -2.62. The number of esters is 1. The fourth-order valence-electron chi connectivity index (χ4n) is 2.56. The van der Waals surface area contributed by atoms with Crippen molar-refractivity contribution in [3.63, 3.8) is 0 Å². The van der Waals surface area contributed by atoms with E-state index in [0.717, 1.165) is 12.0 Å². The molecule has 1 N–H and O–H groups in total. The van der Waals surface area contributed by atoms with Gasteiger partial charge in [-0.05, 0) is 38.0 Å². The Labute approximate surface area is 149 Å². The molecule has 0 aromatic heterocycles. The predicted octanol–water partition coefficient (Wildman–Crippen LogP) is 3.85. The van der Waals surface area contributed by atoms with Gasteiger partial charge >= 0.3 is 5.97 Å². The second-order valence-corrected chi connectivity index (χ2v) is 6.17. The number of rotatable bonds is 7. The normalized spacial score (nSPS) is 12.9. The van der Waals surface area contributed by atoms with Crippen molar-refractivity contribution < 1.29 is 14.3 Å². The fraction of sp³-hybridized carbons (Fsp3) is 0.333. The Morgan fingerprint density at radius 1 is 1.04 bits per heavy atom. The lowest BCUT2D eigenvalue weighted by molar-refractivity contribution is -0.129. The van der Waals surface area contributed by atoms with Crippen LogP contribution in [-0.4, -0.2) is 24.5 Å². The summed E-state index contributed by atoms with van der Waals surface area (Å²) in [4.78, 5) is 24.3. The van der Waals surface area contributed by atoms with Crippen LogP contribution in [0.5, 0.6) is 0 Å². The van der Waals surface area contributed by atoms with E-state index >= 15 is 0 Å². The van der Waals surface area contributed by atoms with E-state index < -0.39 is 12.1 Å². The summed E-state index contributed by atoms with van der Waals surface area (Å²) in [5, 5.41) is 2.88. The van der Waals surface area contributed by atoms with Crippen LogP contribution < -0.4 is 5.32 Å². The van der Waals surface area contributed by atoms with Gasteiger partial charge in [-0.2, -0.15) is 0 Å². The number of hydrogen-bond acceptors (Lipinski definition) is 3. The van der Waals surface area contributed by atoms with Crippen LogP contribution in [0.2, 0.25) is 0 Å². The number of benzene rings is 2. The molecule has 0 heterocycles. The molecular weight excluding hydrogens is 314 g/mol. The van der Waals surface area contributed by atoms with Crippen molar-refractivity contribution in [1.82, 2.24) is 5.32 Å². The molecular formula is C21H25NO3. The van der Waals surface area contributed by atoms with Gasteiger partial charge in [0.2, 0.25) is 0 Å². The van der Waals surface area contributed by atoms with Gasteiger partial charge < -0.3 is 10.1 Å². The maximum atomic E-state index is 12.2. The van der Waals surface area contributed by atoms with Crippen LogP contribution in [-0.2, 0) is 9.53 Å². The second kappa shape index (κ2) is 9.02. The quantitative estimate of drug-likeness (QED) is 0.780. The minimum absolute atomic E-state index is 0.241. The molecule has 0 bridgehead atoms. The van der Waals surface area contributed by atoms with Crippen molar-refractivity contribution in [3.8, 4) is 0 Å². The van der Waals surface area contributed by atoms with Gasteiger partial charge in [-0.1, -0.05) is 55.0 Å². The van der Waals surface area contributed by atoms with Crippen LogP contribution in [0.1, 0.15) is 47.7 Å². The van der Waals surface area contributed by atoms with Gasteiger partial charge in [0, 0.05) is 12.5 Å². The second-order valence-electron chi connectivity index (χ2n) is 6.17. The molecule has 2 aromatic carbocycles. The Bertz CT molecular complexity index is 695. The van der Waals surface area contributed by atoms with Gasteiger partial charge in [0.1, 0.15) is 0 Å². The molecule has 1 amide bonds. The maximum Gasteiger partial charge on any atom is 0.338 e. The average molecular weight is 339 g/mol. The number of ether oxygens (including phenoxy) is 1. The first-order valence-electron chi connectivity index (χ1n) is 8.61. The molecule has 25 heavy (non-hydrogen) atoms. The lowest BCUT2D eigenvalue weighted by Gasteiger charge is -2.18. The van der Waals surface area contributed by atoms with E-state index in [4.69, 9.17) is 4.74 Å². The highest BCUT2D eigenvalue weighted by atomic mass is 16.5. The SMILES string of the molecule is CC[C@H](CNC(=O)[C@@H](C)OC(=O)c1ccc(C)cc1)c1ccccc1. The largest absolute Gasteiger partial charge is 0.449 e. The van der Waals surface area contributed by atoms with Gasteiger partial charge in [-0.3, -0.25) is 4.79 Å². The molecule has 2 atom stereocenters. The van der Waals surface area contributed by atoms with Gasteiger partial charge in [0.15, 0.2) is 6.10 Å². The third kappa shape index (κ3) is 5.45. The van der Waals surface area contributed by atoms with Crippen molar-refractivity contribution in [1.29, 1.82) is 0 Å². The van der Waals surface area contributed by atoms with E-state index in [1.165, 1.54) is 5.56 Å². The van der Waals surface area contributed by atoms with Crippen molar-refractivity contribution >= 4 is 11.9 Å². The van der Waals surface area contributed by atoms with Crippen molar-refractivity contribution in [2.24, 2.45) is 0 Å². The number of amides is 1. The Balaban J connectivity index is 1.87. The summed E-state index contributed by atoms with van der Waals surface area (Å²) in [5.74, 6) is -0.530. The van der Waals surface area contributed by atoms with Crippen LogP contribution in [0, 0.1) is 6.92 Å². The van der Waals surface area contributed by atoms with Gasteiger partial charge in [-0.25, -0.2) is 4.79 Å². The number of hydrogen-bond donors (Lipinski definition) is 1. The van der Waals surface area contributed by atoms with Crippen LogP contribution in [0.25, 0.3) is 0 Å². The van der Waals surface area contributed by atoms with Gasteiger partial charge in [-0.15, -0.1) is 0 Å². The van der Waals surface area contributed by atoms with Gasteiger partial charge in [0.05, 0.1) is 5.56 Å². The summed E-state index contributed by atoms with van der Waals surface area (Å²) >= 11 is 0. The predicted molar refractivity (Wildman–Crippen MR) is 98.5 cm³/mol. The average Bonchev–Trinajstić information content (AvgIpc) is 2.63. The van der Waals surface area contributed by atoms with Crippen molar-refractivity contribution in [2.45, 2.75) is 39.2 Å². The highest BCUT2D eigenvalue weighted by molar-refractivity contribution is 5.92. The first kappa shape index (κ1) is 18.7. The van der Waals surface area contributed by atoms with Crippen LogP contribution >= 0.6 is 0 Å². The highest BCUT2D eigenvalue weighted by Gasteiger charge is 2.20. The molecule has 132 valence electrons. The monoisotopic (exact) mass is 339 g/mol. The fourth-order valence-corrected chi connectivity index (χ4v) is 2.56. The third-order valence-electron chi connectivity index (χ3n) is 4.23. The lowest BCUT2D eigenvalue weighted by Crippen LogP contribution is -2.38. The molecule has 0 spiro atoms. The first-order chi connectivity index (χ1) is 12.0. The Morgan fingerprint density at radius 3 is 2.28 bits per heavy atom. The topological polar surface area (TPSA) is 55.4 Å². The molecule has 0 unspecified atom stereocenters. The molecule has 2 aromatic rings. The molecule has 0 saturated heterocycles. The molecule has 0 aliphatic heterocycles. The minimum Gasteiger partial charge on any atom is -0.449 e. The lowest BCUT2D eigenvalue weighted by atomic mass is 9.96. The van der Waals surface area contributed by atoms with E-state index in [9.17, 15) is 9.59 Å². The summed E-state index contributed by atoms with van der Waals surface area (Å²) in [6.07, 6.45) is 0.0871. The van der Waals surface area contributed by atoms with Crippen LogP contribution in [0.15, 0.2) is 54.6 Å². The van der Waals surface area contributed by atoms with Crippen molar-refractivity contribution in [2.75, 3.05) is 6.54 Å². The number of aryl methyl sites for hydroxylation is 1.